The van der Waals surface area contributed by atoms with Gasteiger partial charge in [-0.3, -0.25) is 19.3 Å². The van der Waals surface area contributed by atoms with Crippen molar-refractivity contribution in [1.82, 2.24) is 10.2 Å². The molecule has 3 rings (SSSR count). The van der Waals surface area contributed by atoms with Crippen molar-refractivity contribution in [3.05, 3.63) is 12.2 Å². The summed E-state index contributed by atoms with van der Waals surface area (Å²) in [5.74, 6) is -0.212. The summed E-state index contributed by atoms with van der Waals surface area (Å²) < 4.78 is 5.59. The number of rotatable bonds is 10. The molecular formula is C21H32N2O4. The minimum absolute atomic E-state index is 0.178. The van der Waals surface area contributed by atoms with E-state index in [0.717, 1.165) is 18.9 Å². The van der Waals surface area contributed by atoms with Gasteiger partial charge in [0.15, 0.2) is 0 Å². The Morgan fingerprint density at radius 3 is 2.37 bits per heavy atom. The third-order valence-corrected chi connectivity index (χ3v) is 5.67. The van der Waals surface area contributed by atoms with E-state index in [1.165, 1.54) is 17.7 Å². The molecule has 1 N–H and O–H groups in total. The van der Waals surface area contributed by atoms with Gasteiger partial charge in [0.05, 0.1) is 11.8 Å². The Labute approximate surface area is 161 Å². The number of ether oxygens (including phenoxy) is 1. The molecule has 1 aliphatic heterocycles. The molecule has 3 unspecified atom stereocenters. The second-order valence-corrected chi connectivity index (χ2v) is 8.51. The third-order valence-electron chi connectivity index (χ3n) is 5.67. The zero-order valence-corrected chi connectivity index (χ0v) is 16.5. The molecule has 0 aromatic heterocycles. The molecule has 27 heavy (non-hydrogen) atoms. The Morgan fingerprint density at radius 2 is 1.81 bits per heavy atom. The molecular weight excluding hydrogens is 344 g/mol. The second-order valence-electron chi connectivity index (χ2n) is 8.51. The zero-order chi connectivity index (χ0) is 19.4. The highest BCUT2D eigenvalue weighted by atomic mass is 16.5. The highest BCUT2D eigenvalue weighted by Gasteiger charge is 2.51. The molecule has 1 saturated heterocycles. The lowest BCUT2D eigenvalue weighted by Crippen LogP contribution is -2.50. The molecule has 0 aromatic rings. The number of nitrogens with zero attached hydrogens (tertiary/aromatic N) is 1. The van der Waals surface area contributed by atoms with Crippen LogP contribution in [-0.4, -0.2) is 48.4 Å². The van der Waals surface area contributed by atoms with Crippen molar-refractivity contribution >= 4 is 17.7 Å². The van der Waals surface area contributed by atoms with Crippen molar-refractivity contribution in [2.24, 2.45) is 23.7 Å². The second kappa shape index (κ2) is 9.00. The average molecular weight is 376 g/mol. The summed E-state index contributed by atoms with van der Waals surface area (Å²) in [6.45, 7) is 5.96. The number of nitrogens with one attached hydrogen (secondary N) is 1. The van der Waals surface area contributed by atoms with E-state index in [2.05, 4.69) is 5.32 Å². The van der Waals surface area contributed by atoms with Gasteiger partial charge in [0, 0.05) is 19.8 Å². The van der Waals surface area contributed by atoms with Crippen molar-refractivity contribution in [1.29, 1.82) is 0 Å². The monoisotopic (exact) mass is 376 g/mol. The summed E-state index contributed by atoms with van der Waals surface area (Å²) in [7, 11) is 0. The number of likely N-dealkylation sites (tertiary alicyclic amines) is 1. The molecule has 1 heterocycles. The van der Waals surface area contributed by atoms with E-state index >= 15 is 0 Å². The number of imide groups is 1. The summed E-state index contributed by atoms with van der Waals surface area (Å²) in [5, 5.41) is 2.91. The van der Waals surface area contributed by atoms with Crippen LogP contribution < -0.4 is 5.32 Å². The standard InChI is InChI=1S/C21H32N2O4/c1-14(2)12-18(19(24)22-10-5-11-27-13-15-8-9-15)23-20(25)16-6-3-4-7-17(16)21(23)26/h3-4,14-18H,5-13H2,1-2H3,(H,22,24). The molecule has 3 amide bonds. The number of amides is 3. The first-order chi connectivity index (χ1) is 13.0. The smallest absolute Gasteiger partial charge is 0.243 e. The fourth-order valence-electron chi connectivity index (χ4n) is 3.95. The van der Waals surface area contributed by atoms with E-state index in [1.54, 1.807) is 0 Å². The van der Waals surface area contributed by atoms with Crippen molar-refractivity contribution in [3.8, 4) is 0 Å². The summed E-state index contributed by atoms with van der Waals surface area (Å²) in [5.41, 5.74) is 0. The molecule has 2 fully saturated rings. The molecule has 6 heteroatoms. The largest absolute Gasteiger partial charge is 0.381 e. The number of hydrogen-bond acceptors (Lipinski definition) is 4. The van der Waals surface area contributed by atoms with Crippen LogP contribution in [0.3, 0.4) is 0 Å². The first kappa shape index (κ1) is 20.1. The molecule has 150 valence electrons. The third kappa shape index (κ3) is 4.98. The highest BCUT2D eigenvalue weighted by Crippen LogP contribution is 2.37. The van der Waals surface area contributed by atoms with Gasteiger partial charge < -0.3 is 10.1 Å². The maximum absolute atomic E-state index is 12.8. The van der Waals surface area contributed by atoms with Gasteiger partial charge in [0.1, 0.15) is 6.04 Å². The maximum Gasteiger partial charge on any atom is 0.243 e. The fraction of sp³-hybridized carbons (Fsp3) is 0.762. The van der Waals surface area contributed by atoms with E-state index in [0.29, 0.717) is 32.4 Å². The average Bonchev–Trinajstić information content (AvgIpc) is 3.43. The lowest BCUT2D eigenvalue weighted by molar-refractivity contribution is -0.148. The minimum Gasteiger partial charge on any atom is -0.381 e. The molecule has 2 aliphatic carbocycles. The Balaban J connectivity index is 1.55. The minimum atomic E-state index is -0.706. The van der Waals surface area contributed by atoms with Crippen LogP contribution in [0, 0.1) is 23.7 Å². The predicted molar refractivity (Wildman–Crippen MR) is 102 cm³/mol. The Morgan fingerprint density at radius 1 is 1.19 bits per heavy atom. The van der Waals surface area contributed by atoms with Crippen molar-refractivity contribution in [2.75, 3.05) is 19.8 Å². The summed E-state index contributed by atoms with van der Waals surface area (Å²) in [4.78, 5) is 39.7. The quantitative estimate of drug-likeness (QED) is 0.361. The number of hydrogen-bond donors (Lipinski definition) is 1. The van der Waals surface area contributed by atoms with Gasteiger partial charge in [-0.1, -0.05) is 26.0 Å². The normalized spacial score (nSPS) is 25.8. The van der Waals surface area contributed by atoms with Crippen LogP contribution in [0.2, 0.25) is 0 Å². The lowest BCUT2D eigenvalue weighted by atomic mass is 9.85. The van der Waals surface area contributed by atoms with E-state index in [9.17, 15) is 14.4 Å². The van der Waals surface area contributed by atoms with Crippen molar-refractivity contribution < 1.29 is 19.1 Å². The molecule has 0 radical (unpaired) electrons. The van der Waals surface area contributed by atoms with Crippen LogP contribution in [-0.2, 0) is 19.1 Å². The number of carbonyl (C=O) groups excluding carboxylic acids is 3. The first-order valence-electron chi connectivity index (χ1n) is 10.4. The van der Waals surface area contributed by atoms with Crippen LogP contribution in [0.15, 0.2) is 12.2 Å². The molecule has 0 aromatic carbocycles. The van der Waals surface area contributed by atoms with Crippen LogP contribution >= 0.6 is 0 Å². The Bertz CT molecular complexity index is 571. The SMILES string of the molecule is CC(C)CC(C(=O)NCCCOCC1CC1)N1C(=O)C2CC=CCC2C1=O. The first-order valence-corrected chi connectivity index (χ1v) is 10.4. The van der Waals surface area contributed by atoms with Crippen molar-refractivity contribution in [3.63, 3.8) is 0 Å². The van der Waals surface area contributed by atoms with E-state index in [-0.39, 0.29) is 35.5 Å². The molecule has 3 atom stereocenters. The van der Waals surface area contributed by atoms with Crippen molar-refractivity contribution in [2.45, 2.75) is 58.4 Å². The van der Waals surface area contributed by atoms with E-state index in [4.69, 9.17) is 4.74 Å². The highest BCUT2D eigenvalue weighted by molar-refractivity contribution is 6.08. The predicted octanol–water partition coefficient (Wildman–Crippen LogP) is 2.29. The van der Waals surface area contributed by atoms with Gasteiger partial charge >= 0.3 is 0 Å². The summed E-state index contributed by atoms with van der Waals surface area (Å²) in [6.07, 6.45) is 8.90. The molecule has 0 bridgehead atoms. The van der Waals surface area contributed by atoms with Gasteiger partial charge in [-0.25, -0.2) is 0 Å². The maximum atomic E-state index is 12.8. The topological polar surface area (TPSA) is 75.7 Å². The Kier molecular flexibility index (Phi) is 6.68. The van der Waals surface area contributed by atoms with Crippen LogP contribution in [0.5, 0.6) is 0 Å². The van der Waals surface area contributed by atoms with Crippen LogP contribution in [0.4, 0.5) is 0 Å². The van der Waals surface area contributed by atoms with Gasteiger partial charge in [-0.2, -0.15) is 0 Å². The lowest BCUT2D eigenvalue weighted by Gasteiger charge is -2.27. The van der Waals surface area contributed by atoms with E-state index in [1.807, 2.05) is 26.0 Å². The molecule has 3 aliphatic rings. The van der Waals surface area contributed by atoms with Gasteiger partial charge in [0.2, 0.25) is 17.7 Å². The molecule has 0 spiro atoms. The number of carbonyl (C=O) groups is 3. The van der Waals surface area contributed by atoms with Gasteiger partial charge in [0.25, 0.3) is 0 Å². The number of fused-ring (bicyclic) bond motifs is 1. The number of allylic oxidation sites excluding steroid dienone is 2. The van der Waals surface area contributed by atoms with Gasteiger partial charge in [-0.05, 0) is 50.4 Å². The van der Waals surface area contributed by atoms with E-state index < -0.39 is 6.04 Å². The van der Waals surface area contributed by atoms with Crippen LogP contribution in [0.1, 0.15) is 52.4 Å². The Hall–Kier alpha value is -1.69. The molecule has 1 saturated carbocycles. The fourth-order valence-corrected chi connectivity index (χ4v) is 3.95. The molecule has 6 nitrogen and oxygen atoms in total. The summed E-state index contributed by atoms with van der Waals surface area (Å²) in [6, 6.07) is -0.706. The van der Waals surface area contributed by atoms with Crippen LogP contribution in [0.25, 0.3) is 0 Å². The van der Waals surface area contributed by atoms with Gasteiger partial charge in [-0.15, -0.1) is 0 Å². The summed E-state index contributed by atoms with van der Waals surface area (Å²) >= 11 is 0. The zero-order valence-electron chi connectivity index (χ0n) is 16.5.